The molecule has 1 unspecified atom stereocenters. The second kappa shape index (κ2) is 7.30. The highest BCUT2D eigenvalue weighted by Gasteiger charge is 2.07. The van der Waals surface area contributed by atoms with E-state index in [2.05, 4.69) is 10.3 Å². The van der Waals surface area contributed by atoms with Gasteiger partial charge in [0, 0.05) is 19.0 Å². The zero-order chi connectivity index (χ0) is 14.3. The van der Waals surface area contributed by atoms with Gasteiger partial charge < -0.3 is 10.4 Å². The summed E-state index contributed by atoms with van der Waals surface area (Å²) in [4.78, 5) is 24.3. The largest absolute Gasteiger partial charge is 0.481 e. The fourth-order valence-electron chi connectivity index (χ4n) is 1.56. The number of carboxylic acid groups (broad SMARTS) is 1. The Labute approximate surface area is 110 Å². The highest BCUT2D eigenvalue weighted by molar-refractivity contribution is 5.66. The van der Waals surface area contributed by atoms with Gasteiger partial charge in [-0.2, -0.15) is 0 Å². The van der Waals surface area contributed by atoms with E-state index in [1.54, 1.807) is 6.07 Å². The van der Waals surface area contributed by atoms with E-state index in [1.807, 2.05) is 6.92 Å². The number of pyridine rings is 1. The summed E-state index contributed by atoms with van der Waals surface area (Å²) in [5.41, 5.74) is -0.0413. The minimum atomic E-state index is -0.781. The van der Waals surface area contributed by atoms with Gasteiger partial charge in [0.1, 0.15) is 12.0 Å². The summed E-state index contributed by atoms with van der Waals surface area (Å²) in [7, 11) is 0. The average molecular weight is 267 g/mol. The zero-order valence-corrected chi connectivity index (χ0v) is 10.7. The van der Waals surface area contributed by atoms with Crippen molar-refractivity contribution < 1.29 is 14.8 Å². The van der Waals surface area contributed by atoms with E-state index in [1.165, 1.54) is 12.3 Å². The molecule has 0 bridgehead atoms. The maximum absolute atomic E-state index is 10.4. The number of aromatic nitrogens is 1. The Kier molecular flexibility index (Phi) is 5.72. The molecule has 104 valence electrons. The van der Waals surface area contributed by atoms with Gasteiger partial charge in [-0.05, 0) is 24.8 Å². The van der Waals surface area contributed by atoms with Gasteiger partial charge in [0.15, 0.2) is 0 Å². The molecule has 7 nitrogen and oxygen atoms in total. The normalized spacial score (nSPS) is 11.8. The molecule has 0 saturated heterocycles. The van der Waals surface area contributed by atoms with Gasteiger partial charge in [0.25, 0.3) is 5.69 Å². The Morgan fingerprint density at radius 3 is 2.79 bits per heavy atom. The summed E-state index contributed by atoms with van der Waals surface area (Å²) < 4.78 is 0. The van der Waals surface area contributed by atoms with Crippen LogP contribution in [0.5, 0.6) is 0 Å². The standard InChI is InChI=1S/C12H17N3O4/c1-9(2-5-12(16)17)6-7-13-11-4-3-10(8-14-11)15(18)19/h3-4,8-9H,2,5-7H2,1H3,(H,13,14)(H,16,17). The quantitative estimate of drug-likeness (QED) is 0.553. The molecule has 1 heterocycles. The first-order valence-corrected chi connectivity index (χ1v) is 6.05. The van der Waals surface area contributed by atoms with Crippen molar-refractivity contribution in [3.8, 4) is 0 Å². The third-order valence-electron chi connectivity index (χ3n) is 2.75. The van der Waals surface area contributed by atoms with Gasteiger partial charge >= 0.3 is 5.97 Å². The third-order valence-corrected chi connectivity index (χ3v) is 2.75. The average Bonchev–Trinajstić information content (AvgIpc) is 2.37. The molecule has 7 heteroatoms. The summed E-state index contributed by atoms with van der Waals surface area (Å²) >= 11 is 0. The number of aliphatic carboxylic acids is 1. The van der Waals surface area contributed by atoms with Crippen LogP contribution >= 0.6 is 0 Å². The number of nitrogens with one attached hydrogen (secondary N) is 1. The van der Waals surface area contributed by atoms with Crippen molar-refractivity contribution in [2.75, 3.05) is 11.9 Å². The third kappa shape index (κ3) is 5.80. The first kappa shape index (κ1) is 14.9. The Morgan fingerprint density at radius 1 is 1.53 bits per heavy atom. The molecule has 0 fully saturated rings. The van der Waals surface area contributed by atoms with Crippen molar-refractivity contribution in [1.29, 1.82) is 0 Å². The molecule has 0 radical (unpaired) electrons. The molecule has 0 aliphatic rings. The summed E-state index contributed by atoms with van der Waals surface area (Å²) in [6, 6.07) is 2.95. The van der Waals surface area contributed by atoms with Gasteiger partial charge in [0.05, 0.1) is 4.92 Å². The fourth-order valence-corrected chi connectivity index (χ4v) is 1.56. The predicted molar refractivity (Wildman–Crippen MR) is 70.0 cm³/mol. The predicted octanol–water partition coefficient (Wildman–Crippen LogP) is 2.29. The second-order valence-corrected chi connectivity index (χ2v) is 4.41. The zero-order valence-electron chi connectivity index (χ0n) is 10.7. The molecule has 1 rings (SSSR count). The van der Waals surface area contributed by atoms with E-state index in [0.29, 0.717) is 24.7 Å². The molecule has 1 aromatic rings. The van der Waals surface area contributed by atoms with Crippen molar-refractivity contribution in [3.05, 3.63) is 28.4 Å². The van der Waals surface area contributed by atoms with Crippen LogP contribution in [0.15, 0.2) is 18.3 Å². The monoisotopic (exact) mass is 267 g/mol. The topological polar surface area (TPSA) is 105 Å². The van der Waals surface area contributed by atoms with Gasteiger partial charge in [-0.25, -0.2) is 4.98 Å². The molecule has 0 saturated carbocycles. The van der Waals surface area contributed by atoms with Crippen LogP contribution in [0.1, 0.15) is 26.2 Å². The van der Waals surface area contributed by atoms with E-state index in [-0.39, 0.29) is 12.1 Å². The van der Waals surface area contributed by atoms with Crippen molar-refractivity contribution in [2.24, 2.45) is 5.92 Å². The summed E-state index contributed by atoms with van der Waals surface area (Å²) in [5, 5.41) is 22.0. The number of carbonyl (C=O) groups is 1. The van der Waals surface area contributed by atoms with Crippen LogP contribution in [0.25, 0.3) is 0 Å². The Balaban J connectivity index is 2.29. The molecule has 1 aromatic heterocycles. The Bertz CT molecular complexity index is 433. The van der Waals surface area contributed by atoms with Crippen LogP contribution in [-0.2, 0) is 4.79 Å². The lowest BCUT2D eigenvalue weighted by molar-refractivity contribution is -0.385. The molecule has 0 aliphatic heterocycles. The molecule has 1 atom stereocenters. The minimum absolute atomic E-state index is 0.0413. The van der Waals surface area contributed by atoms with Crippen LogP contribution < -0.4 is 5.32 Å². The van der Waals surface area contributed by atoms with Crippen LogP contribution in [-0.4, -0.2) is 27.5 Å². The number of hydrogen-bond acceptors (Lipinski definition) is 5. The van der Waals surface area contributed by atoms with Crippen LogP contribution in [0, 0.1) is 16.0 Å². The van der Waals surface area contributed by atoms with Gasteiger partial charge in [0.2, 0.25) is 0 Å². The van der Waals surface area contributed by atoms with Crippen molar-refractivity contribution >= 4 is 17.5 Å². The number of anilines is 1. The number of rotatable bonds is 8. The maximum atomic E-state index is 10.4. The molecule has 0 spiro atoms. The molecule has 19 heavy (non-hydrogen) atoms. The molecule has 0 aromatic carbocycles. The lowest BCUT2D eigenvalue weighted by atomic mass is 10.0. The summed E-state index contributed by atoms with van der Waals surface area (Å²) in [6.45, 7) is 2.65. The highest BCUT2D eigenvalue weighted by atomic mass is 16.6. The lowest BCUT2D eigenvalue weighted by Crippen LogP contribution is -2.09. The number of hydrogen-bond donors (Lipinski definition) is 2. The van der Waals surface area contributed by atoms with Gasteiger partial charge in [-0.15, -0.1) is 0 Å². The first-order chi connectivity index (χ1) is 8.99. The van der Waals surface area contributed by atoms with Crippen molar-refractivity contribution in [1.82, 2.24) is 4.98 Å². The summed E-state index contributed by atoms with van der Waals surface area (Å²) in [6.07, 6.45) is 2.85. The van der Waals surface area contributed by atoms with Crippen molar-refractivity contribution in [2.45, 2.75) is 26.2 Å². The lowest BCUT2D eigenvalue weighted by Gasteiger charge is -2.10. The van der Waals surface area contributed by atoms with Crippen LogP contribution in [0.2, 0.25) is 0 Å². The molecular formula is C12H17N3O4. The van der Waals surface area contributed by atoms with Crippen molar-refractivity contribution in [3.63, 3.8) is 0 Å². The molecule has 0 aliphatic carbocycles. The van der Waals surface area contributed by atoms with Crippen LogP contribution in [0.3, 0.4) is 0 Å². The molecular weight excluding hydrogens is 250 g/mol. The van der Waals surface area contributed by atoms with E-state index in [9.17, 15) is 14.9 Å². The first-order valence-electron chi connectivity index (χ1n) is 6.05. The minimum Gasteiger partial charge on any atom is -0.481 e. The highest BCUT2D eigenvalue weighted by Crippen LogP contribution is 2.13. The number of nitro groups is 1. The van der Waals surface area contributed by atoms with Gasteiger partial charge in [-0.1, -0.05) is 6.92 Å². The molecule has 0 amide bonds. The Hall–Kier alpha value is -2.18. The van der Waals surface area contributed by atoms with Gasteiger partial charge in [-0.3, -0.25) is 14.9 Å². The smallest absolute Gasteiger partial charge is 0.303 e. The van der Waals surface area contributed by atoms with E-state index >= 15 is 0 Å². The van der Waals surface area contributed by atoms with E-state index in [4.69, 9.17) is 5.11 Å². The van der Waals surface area contributed by atoms with E-state index < -0.39 is 10.9 Å². The maximum Gasteiger partial charge on any atom is 0.303 e. The summed E-state index contributed by atoms with van der Waals surface area (Å²) in [5.74, 6) is 0.106. The second-order valence-electron chi connectivity index (χ2n) is 4.41. The molecule has 2 N–H and O–H groups in total. The number of nitrogens with zero attached hydrogens (tertiary/aromatic N) is 2. The fraction of sp³-hybridized carbons (Fsp3) is 0.500. The number of carboxylic acids is 1. The van der Waals surface area contributed by atoms with Crippen LogP contribution in [0.4, 0.5) is 11.5 Å². The van der Waals surface area contributed by atoms with E-state index in [0.717, 1.165) is 6.42 Å². The Morgan fingerprint density at radius 2 is 2.26 bits per heavy atom. The SMILES string of the molecule is CC(CCNc1ccc([N+](=O)[O-])cn1)CCC(=O)O.